The highest BCUT2D eigenvalue weighted by molar-refractivity contribution is 7.20. The zero-order chi connectivity index (χ0) is 23.0. The molecule has 0 radical (unpaired) electrons. The van der Waals surface area contributed by atoms with Gasteiger partial charge in [0.25, 0.3) is 11.5 Å². The fourth-order valence-corrected chi connectivity index (χ4v) is 4.15. The van der Waals surface area contributed by atoms with E-state index in [0.29, 0.717) is 15.9 Å². The van der Waals surface area contributed by atoms with E-state index in [2.05, 4.69) is 10.3 Å². The van der Waals surface area contributed by atoms with Crippen LogP contribution in [0.1, 0.15) is 36.0 Å². The van der Waals surface area contributed by atoms with Gasteiger partial charge in [-0.1, -0.05) is 6.07 Å². The number of rotatable bonds is 4. The minimum absolute atomic E-state index is 0.0640. The first-order valence-corrected chi connectivity index (χ1v) is 10.2. The lowest BCUT2D eigenvalue weighted by Crippen LogP contribution is -2.16. The van der Waals surface area contributed by atoms with Crippen LogP contribution in [0.25, 0.3) is 15.9 Å². The Morgan fingerprint density at radius 2 is 1.81 bits per heavy atom. The van der Waals surface area contributed by atoms with Crippen LogP contribution >= 0.6 is 11.3 Å². The third kappa shape index (κ3) is 3.60. The number of methoxy groups -OCH3 is 2. The Bertz CT molecular complexity index is 1470. The van der Waals surface area contributed by atoms with Gasteiger partial charge in [-0.15, -0.1) is 11.3 Å². The molecule has 162 valence electrons. The number of nitrogens with zero attached hydrogens (tertiary/aromatic N) is 2. The molecule has 0 aliphatic carbocycles. The molecule has 1 amide bonds. The number of ether oxygens (including phenoxy) is 2. The number of nitrogens with one attached hydrogen (secondary N) is 1. The smallest absolute Gasteiger partial charge is 0.339 e. The molecule has 4 rings (SSSR count). The van der Waals surface area contributed by atoms with Crippen molar-refractivity contribution in [2.24, 2.45) is 0 Å². The lowest BCUT2D eigenvalue weighted by atomic mass is 10.1. The summed E-state index contributed by atoms with van der Waals surface area (Å²) in [6.07, 6.45) is 1.62. The summed E-state index contributed by atoms with van der Waals surface area (Å²) in [5.41, 5.74) is 1.34. The van der Waals surface area contributed by atoms with Gasteiger partial charge in [0.05, 0.1) is 41.3 Å². The van der Waals surface area contributed by atoms with E-state index in [1.807, 2.05) is 13.0 Å². The van der Waals surface area contributed by atoms with Crippen LogP contribution in [-0.2, 0) is 9.47 Å². The number of hydrogen-bond donors (Lipinski definition) is 1. The van der Waals surface area contributed by atoms with E-state index >= 15 is 0 Å². The summed E-state index contributed by atoms with van der Waals surface area (Å²) in [4.78, 5) is 55.0. The number of thiophene rings is 1. The molecule has 1 aromatic carbocycles. The Balaban J connectivity index is 1.77. The van der Waals surface area contributed by atoms with Crippen LogP contribution in [0.2, 0.25) is 0 Å². The van der Waals surface area contributed by atoms with Crippen LogP contribution in [-0.4, -0.2) is 41.5 Å². The second-order valence-electron chi connectivity index (χ2n) is 6.83. The number of fused-ring (bicyclic) bond motifs is 2. The Labute approximate surface area is 185 Å². The minimum Gasteiger partial charge on any atom is -0.465 e. The lowest BCUT2D eigenvalue weighted by Gasteiger charge is -2.10. The number of esters is 2. The summed E-state index contributed by atoms with van der Waals surface area (Å²) in [5, 5.41) is 2.93. The zero-order valence-electron chi connectivity index (χ0n) is 17.3. The van der Waals surface area contributed by atoms with Crippen LogP contribution < -0.4 is 10.9 Å². The maximum Gasteiger partial charge on any atom is 0.339 e. The van der Waals surface area contributed by atoms with Crippen molar-refractivity contribution in [1.29, 1.82) is 0 Å². The summed E-state index contributed by atoms with van der Waals surface area (Å²) in [6.45, 7) is 1.84. The fourth-order valence-electron chi connectivity index (χ4n) is 3.23. The monoisotopic (exact) mass is 451 g/mol. The second kappa shape index (κ2) is 8.23. The maximum atomic E-state index is 13.0. The summed E-state index contributed by atoms with van der Waals surface area (Å²) < 4.78 is 10.9. The molecule has 0 unspecified atom stereocenters. The highest BCUT2D eigenvalue weighted by Gasteiger charge is 2.20. The molecule has 3 heterocycles. The third-order valence-electron chi connectivity index (χ3n) is 4.85. The molecule has 3 aromatic heterocycles. The van der Waals surface area contributed by atoms with Crippen molar-refractivity contribution >= 4 is 50.7 Å². The predicted molar refractivity (Wildman–Crippen MR) is 119 cm³/mol. The summed E-state index contributed by atoms with van der Waals surface area (Å²) in [6, 6.07) is 9.14. The van der Waals surface area contributed by atoms with Crippen molar-refractivity contribution in [2.45, 2.75) is 6.92 Å². The number of anilines is 1. The number of pyridine rings is 1. The van der Waals surface area contributed by atoms with E-state index in [1.54, 1.807) is 12.3 Å². The number of benzene rings is 1. The molecule has 32 heavy (non-hydrogen) atoms. The molecular formula is C22H17N3O6S. The Hall–Kier alpha value is -4.05. The van der Waals surface area contributed by atoms with E-state index in [4.69, 9.17) is 9.47 Å². The zero-order valence-corrected chi connectivity index (χ0v) is 18.1. The number of aryl methyl sites for hydroxylation is 1. The van der Waals surface area contributed by atoms with Crippen molar-refractivity contribution in [2.75, 3.05) is 19.5 Å². The molecule has 9 nitrogen and oxygen atoms in total. The van der Waals surface area contributed by atoms with Crippen molar-refractivity contribution in [3.05, 3.63) is 74.5 Å². The molecule has 0 saturated heterocycles. The van der Waals surface area contributed by atoms with Gasteiger partial charge in [0.1, 0.15) is 10.5 Å². The first-order chi connectivity index (χ1) is 15.3. The van der Waals surface area contributed by atoms with E-state index in [1.165, 1.54) is 42.9 Å². The molecule has 10 heteroatoms. The number of carbonyl (C=O) groups is 3. The average molecular weight is 451 g/mol. The lowest BCUT2D eigenvalue weighted by molar-refractivity contribution is 0.0587. The Morgan fingerprint density at radius 3 is 2.53 bits per heavy atom. The molecule has 0 atom stereocenters. The minimum atomic E-state index is -0.685. The van der Waals surface area contributed by atoms with E-state index in [0.717, 1.165) is 16.9 Å². The van der Waals surface area contributed by atoms with Crippen LogP contribution in [0.5, 0.6) is 0 Å². The molecule has 1 N–H and O–H groups in total. The van der Waals surface area contributed by atoms with Gasteiger partial charge >= 0.3 is 11.9 Å². The van der Waals surface area contributed by atoms with E-state index < -0.39 is 17.8 Å². The fraction of sp³-hybridized carbons (Fsp3) is 0.136. The molecule has 0 bridgehead atoms. The van der Waals surface area contributed by atoms with Crippen LogP contribution in [0, 0.1) is 6.92 Å². The average Bonchev–Trinajstić information content (AvgIpc) is 3.24. The second-order valence-corrected chi connectivity index (χ2v) is 7.86. The topological polar surface area (TPSA) is 116 Å². The molecule has 4 aromatic rings. The molecular weight excluding hydrogens is 434 g/mol. The van der Waals surface area contributed by atoms with Gasteiger partial charge in [-0.25, -0.2) is 14.6 Å². The Kier molecular flexibility index (Phi) is 5.45. The largest absolute Gasteiger partial charge is 0.465 e. The first-order valence-electron chi connectivity index (χ1n) is 9.37. The highest BCUT2D eigenvalue weighted by atomic mass is 32.1. The van der Waals surface area contributed by atoms with Gasteiger partial charge in [0.2, 0.25) is 0 Å². The van der Waals surface area contributed by atoms with Crippen molar-refractivity contribution in [3.63, 3.8) is 0 Å². The number of hydrogen-bond acceptors (Lipinski definition) is 8. The number of carbonyl (C=O) groups excluding carboxylic acids is 3. The van der Waals surface area contributed by atoms with Crippen LogP contribution in [0.3, 0.4) is 0 Å². The van der Waals surface area contributed by atoms with Gasteiger partial charge in [-0.05, 0) is 42.8 Å². The van der Waals surface area contributed by atoms with Crippen molar-refractivity contribution < 1.29 is 23.9 Å². The molecule has 0 fully saturated rings. The van der Waals surface area contributed by atoms with Gasteiger partial charge in [-0.3, -0.25) is 14.0 Å². The molecule has 0 spiro atoms. The SMILES string of the molecule is COC(=O)c1ccc(C(=O)OC)c(NC(=O)c2cc3c(=O)n4cccc(C)c4nc3s2)c1. The Morgan fingerprint density at radius 1 is 1.06 bits per heavy atom. The van der Waals surface area contributed by atoms with E-state index in [9.17, 15) is 19.2 Å². The quantitative estimate of drug-likeness (QED) is 0.474. The van der Waals surface area contributed by atoms with Gasteiger partial charge < -0.3 is 14.8 Å². The first kappa shape index (κ1) is 21.2. The summed E-state index contributed by atoms with van der Waals surface area (Å²) in [7, 11) is 2.43. The summed E-state index contributed by atoms with van der Waals surface area (Å²) >= 11 is 1.05. The number of aromatic nitrogens is 2. The van der Waals surface area contributed by atoms with Crippen LogP contribution in [0.4, 0.5) is 5.69 Å². The maximum absolute atomic E-state index is 13.0. The molecule has 0 saturated carbocycles. The molecule has 0 aliphatic rings. The van der Waals surface area contributed by atoms with Crippen LogP contribution in [0.15, 0.2) is 47.4 Å². The normalized spacial score (nSPS) is 10.8. The highest BCUT2D eigenvalue weighted by Crippen LogP contribution is 2.25. The van der Waals surface area contributed by atoms with Gasteiger partial charge in [0, 0.05) is 6.20 Å². The summed E-state index contributed by atoms with van der Waals surface area (Å²) in [5.74, 6) is -1.88. The predicted octanol–water partition coefficient (Wildman–Crippen LogP) is 3.04. The molecule has 0 aliphatic heterocycles. The van der Waals surface area contributed by atoms with E-state index in [-0.39, 0.29) is 27.3 Å². The van der Waals surface area contributed by atoms with Crippen molar-refractivity contribution in [3.8, 4) is 0 Å². The van der Waals surface area contributed by atoms with Gasteiger partial charge in [0.15, 0.2) is 0 Å². The third-order valence-corrected chi connectivity index (χ3v) is 5.88. The van der Waals surface area contributed by atoms with Gasteiger partial charge in [-0.2, -0.15) is 0 Å². The van der Waals surface area contributed by atoms with Crippen molar-refractivity contribution in [1.82, 2.24) is 9.38 Å². The number of amides is 1. The standard InChI is InChI=1S/C22H17N3O6S/c1-11-5-4-8-25-17(11)24-19-14(20(25)27)10-16(32-19)18(26)23-15-9-12(21(28)30-2)6-7-13(15)22(29)31-3/h4-10H,1-3H3,(H,23,26).